The lowest BCUT2D eigenvalue weighted by Crippen LogP contribution is -2.53. The van der Waals surface area contributed by atoms with Crippen molar-refractivity contribution in [3.8, 4) is 0 Å². The summed E-state index contributed by atoms with van der Waals surface area (Å²) >= 11 is 0. The number of likely N-dealkylation sites (N-methyl/N-ethyl adjacent to an activating group) is 1. The van der Waals surface area contributed by atoms with Crippen molar-refractivity contribution >= 4 is 64.0 Å². The van der Waals surface area contributed by atoms with E-state index in [9.17, 15) is 33.9 Å². The minimum absolute atomic E-state index is 0.00263. The molecule has 1 aliphatic carbocycles. The molecule has 3 N–H and O–H groups in total. The maximum atomic E-state index is 13.6. The first-order chi connectivity index (χ1) is 32.3. The van der Waals surface area contributed by atoms with Gasteiger partial charge in [-0.2, -0.15) is 4.98 Å². The minimum Gasteiger partial charge on any atom is -0.385 e. The highest BCUT2D eigenvalue weighted by molar-refractivity contribution is 6.06. The Kier molecular flexibility index (Phi) is 12.7. The van der Waals surface area contributed by atoms with Crippen molar-refractivity contribution in [3.05, 3.63) is 111 Å². The van der Waals surface area contributed by atoms with Crippen LogP contribution in [0.2, 0.25) is 0 Å². The SMILES string of the molecule is CC(=O)c1c(C)c2cnc(Nc3ccc(N4CCN(c5ccc(CN6CCC(O)(c7ccc(C=O)c(C(=O)N(C)C8CCC(=O)NC8=O)c7)CC6)cc5)CC4)cn3)nc2n(C2CCCC2)c1=O. The second-order valence-electron chi connectivity index (χ2n) is 18.4. The van der Waals surface area contributed by atoms with Crippen LogP contribution in [-0.2, 0) is 21.7 Å². The number of hydrogen-bond donors (Lipinski definition) is 3. The summed E-state index contributed by atoms with van der Waals surface area (Å²) in [6.45, 7) is 8.54. The number of aromatic nitrogens is 4. The van der Waals surface area contributed by atoms with Gasteiger partial charge in [0.15, 0.2) is 12.1 Å². The molecule has 5 aromatic rings. The van der Waals surface area contributed by atoms with Crippen LogP contribution in [0.3, 0.4) is 0 Å². The van der Waals surface area contributed by atoms with Crippen LogP contribution in [0.15, 0.2) is 71.8 Å². The van der Waals surface area contributed by atoms with Crippen LogP contribution in [0.4, 0.5) is 23.1 Å². The number of piperidine rings is 2. The Morgan fingerprint density at radius 1 is 0.896 bits per heavy atom. The van der Waals surface area contributed by atoms with Crippen molar-refractivity contribution < 1.29 is 29.1 Å². The number of carbonyl (C=O) groups is 5. The first-order valence-electron chi connectivity index (χ1n) is 23.2. The molecule has 3 aliphatic heterocycles. The van der Waals surface area contributed by atoms with Gasteiger partial charge in [0.05, 0.1) is 28.6 Å². The van der Waals surface area contributed by atoms with Crippen LogP contribution in [0, 0.1) is 6.92 Å². The molecule has 9 rings (SSSR count). The number of nitrogens with zero attached hydrogens (tertiary/aromatic N) is 8. The van der Waals surface area contributed by atoms with Gasteiger partial charge in [0.2, 0.25) is 17.8 Å². The van der Waals surface area contributed by atoms with Crippen LogP contribution in [0.5, 0.6) is 0 Å². The van der Waals surface area contributed by atoms with Crippen LogP contribution in [-0.4, -0.2) is 117 Å². The first kappa shape index (κ1) is 45.3. The maximum absolute atomic E-state index is 13.6. The molecule has 6 heterocycles. The number of fused-ring (bicyclic) bond motifs is 1. The highest BCUT2D eigenvalue weighted by atomic mass is 16.3. The van der Waals surface area contributed by atoms with E-state index >= 15 is 0 Å². The number of Topliss-reactive ketones (excluding diaryl/α,β-unsaturated/α-hetero) is 1. The topological polar surface area (TPSA) is 203 Å². The third kappa shape index (κ3) is 9.17. The number of rotatable bonds is 12. The Bertz CT molecular complexity index is 2790. The van der Waals surface area contributed by atoms with E-state index in [2.05, 4.69) is 59.6 Å². The molecule has 17 nitrogen and oxygen atoms in total. The maximum Gasteiger partial charge on any atom is 0.263 e. The molecular formula is C50H56N10O7. The van der Waals surface area contributed by atoms with E-state index in [1.54, 1.807) is 35.9 Å². The fourth-order valence-corrected chi connectivity index (χ4v) is 10.3. The molecule has 17 heteroatoms. The van der Waals surface area contributed by atoms with Crippen molar-refractivity contribution in [2.75, 3.05) is 61.4 Å². The van der Waals surface area contributed by atoms with Gasteiger partial charge in [-0.3, -0.25) is 43.6 Å². The molecule has 1 unspecified atom stereocenters. The number of nitrogens with one attached hydrogen (secondary N) is 2. The van der Waals surface area contributed by atoms with Gasteiger partial charge in [0.1, 0.15) is 17.5 Å². The number of hydrogen-bond acceptors (Lipinski definition) is 14. The number of aryl methyl sites for hydroxylation is 1. The highest BCUT2D eigenvalue weighted by Gasteiger charge is 2.37. The molecule has 0 radical (unpaired) electrons. The minimum atomic E-state index is -1.19. The normalized spacial score (nSPS) is 19.1. The highest BCUT2D eigenvalue weighted by Crippen LogP contribution is 2.36. The van der Waals surface area contributed by atoms with E-state index < -0.39 is 23.5 Å². The number of imide groups is 1. The lowest BCUT2D eigenvalue weighted by molar-refractivity contribution is -0.136. The Morgan fingerprint density at radius 2 is 1.58 bits per heavy atom. The zero-order valence-electron chi connectivity index (χ0n) is 38.2. The van der Waals surface area contributed by atoms with Gasteiger partial charge >= 0.3 is 0 Å². The third-order valence-corrected chi connectivity index (χ3v) is 14.2. The molecule has 3 saturated heterocycles. The van der Waals surface area contributed by atoms with Gasteiger partial charge in [-0.1, -0.05) is 37.1 Å². The lowest BCUT2D eigenvalue weighted by Gasteiger charge is -2.39. The van der Waals surface area contributed by atoms with Crippen molar-refractivity contribution in [3.63, 3.8) is 0 Å². The fourth-order valence-electron chi connectivity index (χ4n) is 10.3. The molecule has 2 aromatic carbocycles. The Balaban J connectivity index is 0.773. The molecule has 67 heavy (non-hydrogen) atoms. The largest absolute Gasteiger partial charge is 0.385 e. The number of pyridine rings is 2. The quantitative estimate of drug-likeness (QED) is 0.0852. The number of amides is 3. The fraction of sp³-hybridized carbons (Fsp3) is 0.420. The lowest BCUT2D eigenvalue weighted by atomic mass is 9.83. The average Bonchev–Trinajstić information content (AvgIpc) is 3.87. The second-order valence-corrected chi connectivity index (χ2v) is 18.4. The molecule has 0 spiro atoms. The molecular weight excluding hydrogens is 853 g/mol. The van der Waals surface area contributed by atoms with Gasteiger partial charge in [0.25, 0.3) is 11.5 Å². The number of anilines is 4. The average molecular weight is 909 g/mol. The Hall–Kier alpha value is -6.85. The second kappa shape index (κ2) is 18.8. The van der Waals surface area contributed by atoms with E-state index in [4.69, 9.17) is 4.98 Å². The van der Waals surface area contributed by atoms with E-state index in [0.29, 0.717) is 66.1 Å². The standard InChI is InChI=1S/C50H56N10O7/c1-31-40-28-52-49(55-45(40)60(37-6-4-5-7-37)48(66)44(31)32(2)62)53-42-16-14-38(27-51-42)59-24-22-58(23-25-59)36-12-8-33(9-13-36)29-57-20-18-50(67,19-21-57)35-11-10-34(30-61)39(26-35)47(65)56(3)41-15-17-43(63)54-46(41)64/h8-14,16,26-28,30,37,41,67H,4-7,15,17-25,29H2,1-3H3,(H,54,63,64)(H,51,52,53,55). The van der Waals surface area contributed by atoms with Crippen LogP contribution >= 0.6 is 0 Å². The van der Waals surface area contributed by atoms with E-state index in [0.717, 1.165) is 69.8 Å². The summed E-state index contributed by atoms with van der Waals surface area (Å²) in [6.07, 6.45) is 9.14. The number of benzene rings is 2. The molecule has 348 valence electrons. The predicted octanol–water partition coefficient (Wildman–Crippen LogP) is 5.06. The van der Waals surface area contributed by atoms with Gasteiger partial charge in [-0.15, -0.1) is 0 Å². The van der Waals surface area contributed by atoms with E-state index in [1.165, 1.54) is 24.4 Å². The zero-order chi connectivity index (χ0) is 47.0. The molecule has 1 saturated carbocycles. The van der Waals surface area contributed by atoms with Crippen molar-refractivity contribution in [1.82, 2.24) is 34.6 Å². The molecule has 4 fully saturated rings. The van der Waals surface area contributed by atoms with Crippen LogP contribution in [0.25, 0.3) is 11.0 Å². The van der Waals surface area contributed by atoms with Crippen LogP contribution in [0.1, 0.15) is 112 Å². The number of carbonyl (C=O) groups excluding carboxylic acids is 5. The van der Waals surface area contributed by atoms with Crippen molar-refractivity contribution in [1.29, 1.82) is 0 Å². The van der Waals surface area contributed by atoms with Crippen LogP contribution < -0.4 is 26.0 Å². The third-order valence-electron chi connectivity index (χ3n) is 14.2. The summed E-state index contributed by atoms with van der Waals surface area (Å²) in [4.78, 5) is 98.1. The summed E-state index contributed by atoms with van der Waals surface area (Å²) in [7, 11) is 1.49. The van der Waals surface area contributed by atoms with E-state index in [-0.39, 0.29) is 52.8 Å². The Labute approximate surface area is 388 Å². The number of aldehydes is 1. The molecule has 1 atom stereocenters. The van der Waals surface area contributed by atoms with Gasteiger partial charge in [-0.25, -0.2) is 9.97 Å². The van der Waals surface area contributed by atoms with Gasteiger partial charge < -0.3 is 25.1 Å². The summed E-state index contributed by atoms with van der Waals surface area (Å²) in [5.74, 6) is -0.780. The molecule has 3 amide bonds. The number of likely N-dealkylation sites (tertiary alicyclic amines) is 1. The van der Waals surface area contributed by atoms with Gasteiger partial charge in [-0.05, 0) is 93.0 Å². The summed E-state index contributed by atoms with van der Waals surface area (Å²) < 4.78 is 1.71. The molecule has 4 aliphatic rings. The number of aliphatic hydroxyl groups is 1. The number of ketones is 1. The first-order valence-corrected chi connectivity index (χ1v) is 23.2. The van der Waals surface area contributed by atoms with Crippen molar-refractivity contribution in [2.45, 2.75) is 89.4 Å². The molecule has 3 aromatic heterocycles. The van der Waals surface area contributed by atoms with Crippen molar-refractivity contribution in [2.24, 2.45) is 0 Å². The predicted molar refractivity (Wildman–Crippen MR) is 253 cm³/mol. The van der Waals surface area contributed by atoms with E-state index in [1.807, 2.05) is 18.3 Å². The summed E-state index contributed by atoms with van der Waals surface area (Å²) in [6, 6.07) is 16.6. The van der Waals surface area contributed by atoms with Gasteiger partial charge in [0, 0.05) is 88.2 Å². The summed E-state index contributed by atoms with van der Waals surface area (Å²) in [5, 5.41) is 18.0. The molecule has 0 bridgehead atoms. The number of piperazine rings is 1. The smallest absolute Gasteiger partial charge is 0.263 e. The summed E-state index contributed by atoms with van der Waals surface area (Å²) in [5.41, 5.74) is 4.04. The monoisotopic (exact) mass is 908 g/mol. The Morgan fingerprint density at radius 3 is 2.22 bits per heavy atom. The zero-order valence-corrected chi connectivity index (χ0v) is 38.2.